The first kappa shape index (κ1) is 13.4. The van der Waals surface area contributed by atoms with Crippen LogP contribution >= 0.6 is 0 Å². The Labute approximate surface area is 114 Å². The van der Waals surface area contributed by atoms with Crippen molar-refractivity contribution in [1.82, 2.24) is 4.98 Å². The zero-order valence-electron chi connectivity index (χ0n) is 10.5. The molecule has 1 aromatic carbocycles. The van der Waals surface area contributed by atoms with E-state index in [-0.39, 0.29) is 5.91 Å². The lowest BCUT2D eigenvalue weighted by molar-refractivity contribution is 0.102. The highest BCUT2D eigenvalue weighted by Gasteiger charge is 2.10. The van der Waals surface area contributed by atoms with Crippen molar-refractivity contribution in [2.75, 3.05) is 11.6 Å². The van der Waals surface area contributed by atoms with E-state index in [1.165, 1.54) is 0 Å². The number of anilines is 1. The molecule has 1 N–H and O–H groups in total. The molecular formula is C14H14N2O2S. The summed E-state index contributed by atoms with van der Waals surface area (Å²) in [6, 6.07) is 12.5. The number of nitrogens with zero attached hydrogens (tertiary/aromatic N) is 1. The van der Waals surface area contributed by atoms with Crippen LogP contribution in [-0.2, 0) is 16.6 Å². The first-order valence-corrected chi connectivity index (χ1v) is 7.50. The minimum Gasteiger partial charge on any atom is -0.320 e. The first-order chi connectivity index (χ1) is 9.16. The molecule has 1 amide bonds. The molecular weight excluding hydrogens is 260 g/mol. The first-order valence-electron chi connectivity index (χ1n) is 5.77. The summed E-state index contributed by atoms with van der Waals surface area (Å²) in [7, 11) is -0.953. The fraction of sp³-hybridized carbons (Fsp3) is 0.143. The Hall–Kier alpha value is -2.01. The van der Waals surface area contributed by atoms with Gasteiger partial charge in [0.15, 0.2) is 0 Å². The lowest BCUT2D eigenvalue weighted by Gasteiger charge is -2.09. The van der Waals surface area contributed by atoms with E-state index < -0.39 is 10.8 Å². The number of aromatic nitrogens is 1. The Morgan fingerprint density at radius 1 is 1.21 bits per heavy atom. The maximum atomic E-state index is 12.0. The molecule has 98 valence electrons. The highest BCUT2D eigenvalue weighted by molar-refractivity contribution is 7.83. The number of hydrogen-bond donors (Lipinski definition) is 1. The molecule has 0 radical (unpaired) electrons. The number of rotatable bonds is 4. The monoisotopic (exact) mass is 274 g/mol. The number of nitrogens with one attached hydrogen (secondary N) is 1. The quantitative estimate of drug-likeness (QED) is 0.930. The van der Waals surface area contributed by atoms with Crippen LogP contribution in [0.2, 0.25) is 0 Å². The van der Waals surface area contributed by atoms with Gasteiger partial charge in [-0.3, -0.25) is 14.0 Å². The molecule has 2 rings (SSSR count). The smallest absolute Gasteiger partial charge is 0.274 e. The lowest BCUT2D eigenvalue weighted by atomic mass is 10.2. The molecule has 0 saturated carbocycles. The Balaban J connectivity index is 2.19. The SMILES string of the molecule is C[S@](=O)Cc1ccccc1NC(=O)c1ccccn1. The summed E-state index contributed by atoms with van der Waals surface area (Å²) in [6.45, 7) is 0. The third-order valence-corrected chi connectivity index (χ3v) is 3.24. The maximum absolute atomic E-state index is 12.0. The van der Waals surface area contributed by atoms with E-state index in [4.69, 9.17) is 0 Å². The molecule has 1 aromatic heterocycles. The van der Waals surface area contributed by atoms with Gasteiger partial charge in [-0.15, -0.1) is 0 Å². The van der Waals surface area contributed by atoms with Gasteiger partial charge >= 0.3 is 0 Å². The second kappa shape index (κ2) is 6.24. The van der Waals surface area contributed by atoms with Crippen LogP contribution in [0.5, 0.6) is 0 Å². The summed E-state index contributed by atoms with van der Waals surface area (Å²) in [5.74, 6) is 0.147. The van der Waals surface area contributed by atoms with Crippen molar-refractivity contribution >= 4 is 22.4 Å². The average Bonchev–Trinajstić information content (AvgIpc) is 2.41. The van der Waals surface area contributed by atoms with Crippen LogP contribution in [0.4, 0.5) is 5.69 Å². The van der Waals surface area contributed by atoms with Crippen molar-refractivity contribution in [1.29, 1.82) is 0 Å². The zero-order valence-corrected chi connectivity index (χ0v) is 11.3. The third-order valence-electron chi connectivity index (χ3n) is 2.52. The van der Waals surface area contributed by atoms with Gasteiger partial charge in [-0.05, 0) is 23.8 Å². The van der Waals surface area contributed by atoms with Crippen molar-refractivity contribution in [2.45, 2.75) is 5.75 Å². The molecule has 5 heteroatoms. The van der Waals surface area contributed by atoms with Crippen LogP contribution in [0.15, 0.2) is 48.7 Å². The second-order valence-electron chi connectivity index (χ2n) is 4.04. The highest BCUT2D eigenvalue weighted by Crippen LogP contribution is 2.17. The van der Waals surface area contributed by atoms with Gasteiger partial charge in [-0.25, -0.2) is 0 Å². The number of carbonyl (C=O) groups excluding carboxylic acids is 1. The van der Waals surface area contributed by atoms with Crippen molar-refractivity contribution in [3.05, 3.63) is 59.9 Å². The Kier molecular flexibility index (Phi) is 4.41. The van der Waals surface area contributed by atoms with Gasteiger partial charge in [0.05, 0.1) is 5.75 Å². The third kappa shape index (κ3) is 3.72. The normalized spacial score (nSPS) is 11.8. The number of hydrogen-bond acceptors (Lipinski definition) is 3. The van der Waals surface area contributed by atoms with Crippen LogP contribution in [0, 0.1) is 0 Å². The molecule has 4 nitrogen and oxygen atoms in total. The predicted octanol–water partition coefficient (Wildman–Crippen LogP) is 2.21. The summed E-state index contributed by atoms with van der Waals surface area (Å²) >= 11 is 0. The lowest BCUT2D eigenvalue weighted by Crippen LogP contribution is -2.14. The molecule has 0 bridgehead atoms. The van der Waals surface area contributed by atoms with Gasteiger partial charge in [0.2, 0.25) is 0 Å². The Morgan fingerprint density at radius 3 is 2.63 bits per heavy atom. The summed E-state index contributed by atoms with van der Waals surface area (Å²) in [4.78, 5) is 16.0. The van der Waals surface area contributed by atoms with Gasteiger partial charge in [0.25, 0.3) is 5.91 Å². The van der Waals surface area contributed by atoms with Gasteiger partial charge in [0, 0.05) is 28.9 Å². The highest BCUT2D eigenvalue weighted by atomic mass is 32.2. The average molecular weight is 274 g/mol. The van der Waals surface area contributed by atoms with Crippen LogP contribution < -0.4 is 5.32 Å². The fourth-order valence-electron chi connectivity index (χ4n) is 1.67. The van der Waals surface area contributed by atoms with Crippen molar-refractivity contribution in [2.24, 2.45) is 0 Å². The Bertz CT molecular complexity index is 599. The summed E-state index contributed by atoms with van der Waals surface area (Å²) < 4.78 is 11.3. The second-order valence-corrected chi connectivity index (χ2v) is 5.48. The van der Waals surface area contributed by atoms with E-state index in [2.05, 4.69) is 10.3 Å². The van der Waals surface area contributed by atoms with Crippen molar-refractivity contribution < 1.29 is 9.00 Å². The van der Waals surface area contributed by atoms with Crippen LogP contribution in [0.3, 0.4) is 0 Å². The van der Waals surface area contributed by atoms with E-state index >= 15 is 0 Å². The standard InChI is InChI=1S/C14H14N2O2S/c1-19(18)10-11-6-2-3-7-12(11)16-14(17)13-8-4-5-9-15-13/h2-9H,10H2,1H3,(H,16,17)/t19-/m0/s1. The van der Waals surface area contributed by atoms with Crippen molar-refractivity contribution in [3.8, 4) is 0 Å². The molecule has 0 aliphatic heterocycles. The van der Waals surface area contributed by atoms with Gasteiger partial charge < -0.3 is 5.32 Å². The van der Waals surface area contributed by atoms with E-state index in [9.17, 15) is 9.00 Å². The zero-order chi connectivity index (χ0) is 13.7. The molecule has 0 unspecified atom stereocenters. The van der Waals surface area contributed by atoms with Crippen molar-refractivity contribution in [3.63, 3.8) is 0 Å². The number of para-hydroxylation sites is 1. The molecule has 0 aliphatic carbocycles. The largest absolute Gasteiger partial charge is 0.320 e. The van der Waals surface area contributed by atoms with Crippen LogP contribution in [0.25, 0.3) is 0 Å². The molecule has 1 heterocycles. The molecule has 2 aromatic rings. The molecule has 0 fully saturated rings. The molecule has 0 aliphatic rings. The van der Waals surface area contributed by atoms with E-state index in [0.29, 0.717) is 17.1 Å². The fourth-order valence-corrected chi connectivity index (χ4v) is 2.36. The van der Waals surface area contributed by atoms with Gasteiger partial charge in [-0.2, -0.15) is 0 Å². The topological polar surface area (TPSA) is 59.1 Å². The maximum Gasteiger partial charge on any atom is 0.274 e. The number of amides is 1. The van der Waals surface area contributed by atoms with Crippen LogP contribution in [-0.4, -0.2) is 21.4 Å². The summed E-state index contributed by atoms with van der Waals surface area (Å²) in [5, 5.41) is 2.80. The summed E-state index contributed by atoms with van der Waals surface area (Å²) in [6.07, 6.45) is 3.21. The van der Waals surface area contributed by atoms with Gasteiger partial charge in [-0.1, -0.05) is 24.3 Å². The molecule has 19 heavy (non-hydrogen) atoms. The molecule has 0 saturated heterocycles. The number of benzene rings is 1. The minimum atomic E-state index is -0.953. The predicted molar refractivity (Wildman–Crippen MR) is 76.4 cm³/mol. The van der Waals surface area contributed by atoms with E-state index in [1.807, 2.05) is 18.2 Å². The Morgan fingerprint density at radius 2 is 1.95 bits per heavy atom. The number of carbonyl (C=O) groups is 1. The molecule has 1 atom stereocenters. The van der Waals surface area contributed by atoms with Gasteiger partial charge in [0.1, 0.15) is 5.69 Å². The van der Waals surface area contributed by atoms with E-state index in [1.54, 1.807) is 36.7 Å². The number of pyridine rings is 1. The summed E-state index contributed by atoms with van der Waals surface area (Å²) in [5.41, 5.74) is 1.89. The minimum absolute atomic E-state index is 0.269. The molecule has 0 spiro atoms. The van der Waals surface area contributed by atoms with Crippen LogP contribution in [0.1, 0.15) is 16.1 Å². The van der Waals surface area contributed by atoms with E-state index in [0.717, 1.165) is 5.56 Å².